The Hall–Kier alpha value is -7.43. The lowest BCUT2D eigenvalue weighted by atomic mass is 9.66. The van der Waals surface area contributed by atoms with Crippen LogP contribution in [-0.2, 0) is 5.41 Å². The smallest absolute Gasteiger partial charge is 0.167 e. The monoisotopic (exact) mass is 713 g/mol. The van der Waals surface area contributed by atoms with E-state index in [1.807, 2.05) is 54.6 Å². The van der Waals surface area contributed by atoms with Gasteiger partial charge in [0.1, 0.15) is 11.2 Å². The van der Waals surface area contributed by atoms with E-state index < -0.39 is 5.41 Å². The lowest BCUT2D eigenvalue weighted by molar-refractivity contribution is 0.669. The number of para-hydroxylation sites is 2. The average molecular weight is 714 g/mol. The first-order valence-electron chi connectivity index (χ1n) is 19.0. The average Bonchev–Trinajstić information content (AvgIpc) is 3.77. The van der Waals surface area contributed by atoms with Crippen molar-refractivity contribution in [2.24, 2.45) is 0 Å². The third-order valence-corrected chi connectivity index (χ3v) is 11.8. The van der Waals surface area contributed by atoms with Crippen LogP contribution >= 0.6 is 0 Å². The third kappa shape index (κ3) is 4.27. The largest absolute Gasteiger partial charge is 0.455 e. The summed E-state index contributed by atoms with van der Waals surface area (Å²) in [6, 6.07) is 67.0. The molecule has 1 spiro atoms. The Morgan fingerprint density at radius 2 is 0.804 bits per heavy atom. The highest BCUT2D eigenvalue weighted by Gasteiger charge is 2.49. The summed E-state index contributed by atoms with van der Waals surface area (Å²) in [4.78, 5) is 15.6. The molecule has 8 aromatic carbocycles. The normalized spacial score (nSPS) is 13.1. The first-order valence-corrected chi connectivity index (χ1v) is 19.0. The molecule has 2 heterocycles. The highest BCUT2D eigenvalue weighted by molar-refractivity contribution is 6.09. The molecule has 2 aliphatic rings. The van der Waals surface area contributed by atoms with Crippen LogP contribution in [0.4, 0.5) is 0 Å². The van der Waals surface area contributed by atoms with Crippen LogP contribution in [0.2, 0.25) is 0 Å². The molecule has 0 saturated heterocycles. The molecular weight excluding hydrogens is 683 g/mol. The molecule has 0 atom stereocenters. The van der Waals surface area contributed by atoms with E-state index in [1.54, 1.807) is 0 Å². The third-order valence-electron chi connectivity index (χ3n) is 11.8. The van der Waals surface area contributed by atoms with Crippen molar-refractivity contribution in [1.82, 2.24) is 15.0 Å². The van der Waals surface area contributed by atoms with Gasteiger partial charge in [0, 0.05) is 21.9 Å². The van der Waals surface area contributed by atoms with E-state index in [0.717, 1.165) is 44.2 Å². The Morgan fingerprint density at radius 1 is 0.321 bits per heavy atom. The molecule has 56 heavy (non-hydrogen) atoms. The van der Waals surface area contributed by atoms with Gasteiger partial charge in [0.05, 0.1) is 11.0 Å². The molecule has 0 fully saturated rings. The number of furan rings is 1. The number of rotatable bonds is 3. The van der Waals surface area contributed by atoms with Crippen molar-refractivity contribution < 1.29 is 4.42 Å². The molecule has 0 amide bonds. The maximum Gasteiger partial charge on any atom is 0.167 e. The van der Waals surface area contributed by atoms with Gasteiger partial charge in [0.2, 0.25) is 0 Å². The molecule has 4 heteroatoms. The number of nitrogens with zero attached hydrogens (tertiary/aromatic N) is 3. The molecule has 0 saturated carbocycles. The Labute approximate surface area is 323 Å². The zero-order valence-electron chi connectivity index (χ0n) is 30.1. The highest BCUT2D eigenvalue weighted by Crippen LogP contribution is 2.61. The molecule has 10 aromatic rings. The van der Waals surface area contributed by atoms with Gasteiger partial charge in [-0.3, -0.25) is 0 Å². The van der Waals surface area contributed by atoms with Crippen LogP contribution in [0.1, 0.15) is 22.3 Å². The maximum atomic E-state index is 6.50. The fourth-order valence-electron chi connectivity index (χ4n) is 9.46. The van der Waals surface area contributed by atoms with Crippen LogP contribution in [-0.4, -0.2) is 15.0 Å². The van der Waals surface area contributed by atoms with E-state index in [-0.39, 0.29) is 0 Å². The second-order valence-electron chi connectivity index (χ2n) is 14.6. The maximum absolute atomic E-state index is 6.50. The summed E-state index contributed by atoms with van der Waals surface area (Å²) >= 11 is 0. The van der Waals surface area contributed by atoms with Crippen LogP contribution in [0.25, 0.3) is 89.5 Å². The van der Waals surface area contributed by atoms with E-state index in [2.05, 4.69) is 133 Å². The molecule has 0 N–H and O–H groups in total. The molecule has 0 unspecified atom stereocenters. The first-order chi connectivity index (χ1) is 27.8. The quantitative estimate of drug-likeness (QED) is 0.183. The van der Waals surface area contributed by atoms with Crippen LogP contribution < -0.4 is 0 Å². The van der Waals surface area contributed by atoms with Crippen LogP contribution in [0.5, 0.6) is 0 Å². The van der Waals surface area contributed by atoms with E-state index >= 15 is 0 Å². The molecule has 0 bridgehead atoms. The lowest BCUT2D eigenvalue weighted by Crippen LogP contribution is -2.29. The van der Waals surface area contributed by atoms with E-state index in [1.165, 1.54) is 50.1 Å². The molecule has 260 valence electrons. The van der Waals surface area contributed by atoms with Crippen molar-refractivity contribution in [2.45, 2.75) is 5.41 Å². The van der Waals surface area contributed by atoms with Gasteiger partial charge < -0.3 is 4.42 Å². The number of hydrogen-bond donors (Lipinski definition) is 0. The Bertz CT molecular complexity index is 3170. The Kier molecular flexibility index (Phi) is 6.52. The summed E-state index contributed by atoms with van der Waals surface area (Å²) in [5.74, 6) is 1.78. The van der Waals surface area contributed by atoms with Crippen LogP contribution in [0, 0.1) is 0 Å². The van der Waals surface area contributed by atoms with E-state index in [0.29, 0.717) is 17.5 Å². The Balaban J connectivity index is 1.15. The summed E-state index contributed by atoms with van der Waals surface area (Å²) in [7, 11) is 0. The molecule has 0 aliphatic heterocycles. The van der Waals surface area contributed by atoms with Crippen molar-refractivity contribution in [3.05, 3.63) is 210 Å². The van der Waals surface area contributed by atoms with Gasteiger partial charge in [-0.15, -0.1) is 0 Å². The van der Waals surface area contributed by atoms with E-state index in [4.69, 9.17) is 19.4 Å². The molecule has 12 rings (SSSR count). The topological polar surface area (TPSA) is 51.8 Å². The highest BCUT2D eigenvalue weighted by atomic mass is 16.3. The van der Waals surface area contributed by atoms with Gasteiger partial charge in [-0.2, -0.15) is 0 Å². The molecular formula is C52H31N3O. The lowest BCUT2D eigenvalue weighted by Gasteiger charge is -2.35. The van der Waals surface area contributed by atoms with Crippen molar-refractivity contribution in [2.75, 3.05) is 0 Å². The minimum absolute atomic E-state index is 0.549. The fraction of sp³-hybridized carbons (Fsp3) is 0.0192. The first kappa shape index (κ1) is 31.0. The van der Waals surface area contributed by atoms with Crippen molar-refractivity contribution in [1.29, 1.82) is 0 Å². The number of fused-ring (bicyclic) bond motifs is 15. The van der Waals surface area contributed by atoms with Crippen molar-refractivity contribution in [3.63, 3.8) is 0 Å². The summed E-state index contributed by atoms with van der Waals surface area (Å²) in [5.41, 5.74) is 16.1. The van der Waals surface area contributed by atoms with Crippen molar-refractivity contribution >= 4 is 21.9 Å². The number of hydrogen-bond acceptors (Lipinski definition) is 4. The van der Waals surface area contributed by atoms with Crippen LogP contribution in [0.3, 0.4) is 0 Å². The SMILES string of the molecule is c1ccc(-c2nc(-c3ccc4c(c3)-c3ccccc3-c3ccccc3C43c4ccccc4-c4ccccc43)nc(-c3cccc4c3oc3ccccc34)n2)cc1. The van der Waals surface area contributed by atoms with Gasteiger partial charge in [-0.1, -0.05) is 170 Å². The summed E-state index contributed by atoms with van der Waals surface area (Å²) < 4.78 is 6.50. The molecule has 0 radical (unpaired) electrons. The second-order valence-corrected chi connectivity index (χ2v) is 14.6. The summed E-state index contributed by atoms with van der Waals surface area (Å²) in [5, 5.41) is 2.10. The zero-order valence-corrected chi connectivity index (χ0v) is 30.1. The summed E-state index contributed by atoms with van der Waals surface area (Å²) in [6.07, 6.45) is 0. The van der Waals surface area contributed by atoms with Gasteiger partial charge in [-0.05, 0) is 73.8 Å². The number of benzene rings is 8. The second kappa shape index (κ2) is 11.8. The standard InChI is InChI=1S/C52H31N3O/c1-2-15-32(16-3-1)49-53-50(55-51(54-49)41-24-14-23-40-39-22-9-13-28-47(39)56-48(40)41)33-29-30-46-42(31-33)35-18-5-4-17-34(35)36-19-6-10-25-43(36)52(46)44-26-11-7-20-37(44)38-21-8-12-27-45(38)52/h1-31H. The van der Waals surface area contributed by atoms with Gasteiger partial charge in [-0.25, -0.2) is 15.0 Å². The minimum atomic E-state index is -0.549. The van der Waals surface area contributed by atoms with Crippen molar-refractivity contribution in [3.8, 4) is 67.5 Å². The van der Waals surface area contributed by atoms with Gasteiger partial charge in [0.25, 0.3) is 0 Å². The molecule has 2 aromatic heterocycles. The minimum Gasteiger partial charge on any atom is -0.455 e. The predicted molar refractivity (Wildman–Crippen MR) is 225 cm³/mol. The summed E-state index contributed by atoms with van der Waals surface area (Å²) in [6.45, 7) is 0. The Morgan fingerprint density at radius 3 is 1.50 bits per heavy atom. The predicted octanol–water partition coefficient (Wildman–Crippen LogP) is 12.8. The molecule has 4 nitrogen and oxygen atoms in total. The molecule has 2 aliphatic carbocycles. The van der Waals surface area contributed by atoms with E-state index in [9.17, 15) is 0 Å². The van der Waals surface area contributed by atoms with Gasteiger partial charge >= 0.3 is 0 Å². The van der Waals surface area contributed by atoms with Crippen LogP contribution in [0.15, 0.2) is 192 Å². The fourth-order valence-corrected chi connectivity index (χ4v) is 9.46. The number of aromatic nitrogens is 3. The zero-order chi connectivity index (χ0) is 36.8. The van der Waals surface area contributed by atoms with Gasteiger partial charge in [0.15, 0.2) is 17.5 Å².